The van der Waals surface area contributed by atoms with E-state index in [1.807, 2.05) is 0 Å². The highest BCUT2D eigenvalue weighted by atomic mass is 32.2. The Labute approximate surface area is 113 Å². The summed E-state index contributed by atoms with van der Waals surface area (Å²) in [5.74, 6) is 1.35. The summed E-state index contributed by atoms with van der Waals surface area (Å²) in [5.41, 5.74) is 1.69. The SMILES string of the molecule is CCCNc1ncnc(Sc2nncs2)c1OC. The normalized spacial score (nSPS) is 10.3. The van der Waals surface area contributed by atoms with Crippen molar-refractivity contribution in [1.29, 1.82) is 0 Å². The first-order valence-electron chi connectivity index (χ1n) is 5.42. The molecule has 8 heteroatoms. The van der Waals surface area contributed by atoms with E-state index in [1.54, 1.807) is 12.6 Å². The summed E-state index contributed by atoms with van der Waals surface area (Å²) in [4.78, 5) is 8.40. The Kier molecular flexibility index (Phi) is 4.71. The molecule has 2 aromatic rings. The number of methoxy groups -OCH3 is 1. The van der Waals surface area contributed by atoms with Crippen LogP contribution < -0.4 is 10.1 Å². The molecule has 0 radical (unpaired) electrons. The third-order valence-electron chi connectivity index (χ3n) is 2.04. The van der Waals surface area contributed by atoms with Gasteiger partial charge in [0.05, 0.1) is 7.11 Å². The van der Waals surface area contributed by atoms with Crippen molar-refractivity contribution in [2.24, 2.45) is 0 Å². The van der Waals surface area contributed by atoms with Crippen LogP contribution in [-0.4, -0.2) is 33.8 Å². The Morgan fingerprint density at radius 2 is 2.33 bits per heavy atom. The predicted octanol–water partition coefficient (Wildman–Crippen LogP) is 2.31. The molecule has 0 aliphatic carbocycles. The van der Waals surface area contributed by atoms with E-state index < -0.39 is 0 Å². The minimum atomic E-state index is 0.645. The first kappa shape index (κ1) is 13.0. The first-order chi connectivity index (χ1) is 8.85. The van der Waals surface area contributed by atoms with Crippen molar-refractivity contribution in [2.75, 3.05) is 19.0 Å². The topological polar surface area (TPSA) is 72.8 Å². The monoisotopic (exact) mass is 283 g/mol. The van der Waals surface area contributed by atoms with Crippen LogP contribution in [0.4, 0.5) is 5.82 Å². The molecule has 18 heavy (non-hydrogen) atoms. The molecule has 2 aromatic heterocycles. The van der Waals surface area contributed by atoms with Crippen LogP contribution in [0.5, 0.6) is 5.75 Å². The minimum Gasteiger partial charge on any atom is -0.490 e. The summed E-state index contributed by atoms with van der Waals surface area (Å²) in [7, 11) is 1.61. The highest BCUT2D eigenvalue weighted by Crippen LogP contribution is 2.36. The maximum absolute atomic E-state index is 5.37. The molecule has 0 aliphatic rings. The van der Waals surface area contributed by atoms with Gasteiger partial charge in [-0.05, 0) is 18.2 Å². The number of aromatic nitrogens is 4. The van der Waals surface area contributed by atoms with E-state index in [0.29, 0.717) is 11.6 Å². The van der Waals surface area contributed by atoms with Crippen LogP contribution in [0.1, 0.15) is 13.3 Å². The molecule has 0 aliphatic heterocycles. The third kappa shape index (κ3) is 3.08. The lowest BCUT2D eigenvalue weighted by molar-refractivity contribution is 0.400. The Morgan fingerprint density at radius 3 is 3.00 bits per heavy atom. The maximum atomic E-state index is 5.37. The van der Waals surface area contributed by atoms with Gasteiger partial charge in [0.2, 0.25) is 0 Å². The molecule has 1 N–H and O–H groups in total. The highest BCUT2D eigenvalue weighted by molar-refractivity contribution is 8.01. The van der Waals surface area contributed by atoms with Crippen molar-refractivity contribution in [1.82, 2.24) is 20.2 Å². The second-order valence-electron chi connectivity index (χ2n) is 3.29. The third-order valence-corrected chi connectivity index (χ3v) is 3.80. The van der Waals surface area contributed by atoms with Crippen LogP contribution in [0.25, 0.3) is 0 Å². The minimum absolute atomic E-state index is 0.645. The summed E-state index contributed by atoms with van der Waals surface area (Å²) in [6.45, 7) is 2.94. The summed E-state index contributed by atoms with van der Waals surface area (Å²) < 4.78 is 6.20. The van der Waals surface area contributed by atoms with Crippen molar-refractivity contribution >= 4 is 28.9 Å². The van der Waals surface area contributed by atoms with E-state index in [1.165, 1.54) is 29.4 Å². The van der Waals surface area contributed by atoms with E-state index in [4.69, 9.17) is 4.74 Å². The van der Waals surface area contributed by atoms with E-state index in [2.05, 4.69) is 32.4 Å². The quantitative estimate of drug-likeness (QED) is 0.815. The zero-order valence-electron chi connectivity index (χ0n) is 10.1. The fourth-order valence-corrected chi connectivity index (χ4v) is 2.74. The van der Waals surface area contributed by atoms with E-state index in [9.17, 15) is 0 Å². The molecule has 0 fully saturated rings. The maximum Gasteiger partial charge on any atom is 0.194 e. The molecule has 0 saturated carbocycles. The highest BCUT2D eigenvalue weighted by Gasteiger charge is 2.14. The van der Waals surface area contributed by atoms with Gasteiger partial charge in [-0.3, -0.25) is 0 Å². The first-order valence-corrected chi connectivity index (χ1v) is 7.11. The van der Waals surface area contributed by atoms with E-state index in [-0.39, 0.29) is 0 Å². The standard InChI is InChI=1S/C10H13N5OS2/c1-3-4-11-8-7(16-2)9(13-5-12-8)18-10-15-14-6-17-10/h5-6H,3-4H2,1-2H3,(H,11,12,13). The molecule has 0 bridgehead atoms. The molecule has 2 rings (SSSR count). The van der Waals surface area contributed by atoms with Gasteiger partial charge in [0.25, 0.3) is 0 Å². The molecule has 0 saturated heterocycles. The molecule has 2 heterocycles. The van der Waals surface area contributed by atoms with Gasteiger partial charge in [0.15, 0.2) is 20.9 Å². The Morgan fingerprint density at radius 1 is 1.44 bits per heavy atom. The van der Waals surface area contributed by atoms with Gasteiger partial charge in [-0.25, -0.2) is 9.97 Å². The smallest absolute Gasteiger partial charge is 0.194 e. The molecule has 6 nitrogen and oxygen atoms in total. The average molecular weight is 283 g/mol. The van der Waals surface area contributed by atoms with E-state index >= 15 is 0 Å². The van der Waals surface area contributed by atoms with Crippen LogP contribution in [0.2, 0.25) is 0 Å². The van der Waals surface area contributed by atoms with Crippen LogP contribution in [0.15, 0.2) is 21.2 Å². The molecule has 0 spiro atoms. The molecular weight excluding hydrogens is 270 g/mol. The lowest BCUT2D eigenvalue weighted by Crippen LogP contribution is -2.05. The summed E-state index contributed by atoms with van der Waals surface area (Å²) in [6, 6.07) is 0. The molecule has 0 unspecified atom stereocenters. The average Bonchev–Trinajstić information content (AvgIpc) is 2.89. The molecule has 96 valence electrons. The number of anilines is 1. The number of nitrogens with one attached hydrogen (secondary N) is 1. The molecule has 0 amide bonds. The van der Waals surface area contributed by atoms with Crippen LogP contribution in [0.3, 0.4) is 0 Å². The number of hydrogen-bond acceptors (Lipinski definition) is 8. The van der Waals surface area contributed by atoms with Crippen molar-refractivity contribution in [3.05, 3.63) is 11.8 Å². The lowest BCUT2D eigenvalue weighted by Gasteiger charge is -2.11. The largest absolute Gasteiger partial charge is 0.490 e. The number of nitrogens with zero attached hydrogens (tertiary/aromatic N) is 4. The van der Waals surface area contributed by atoms with E-state index in [0.717, 1.165) is 22.3 Å². The van der Waals surface area contributed by atoms with Gasteiger partial charge in [0, 0.05) is 6.54 Å². The predicted molar refractivity (Wildman–Crippen MR) is 71.4 cm³/mol. The summed E-state index contributed by atoms with van der Waals surface area (Å²) in [5, 5.41) is 11.7. The Bertz CT molecular complexity index is 491. The van der Waals surface area contributed by atoms with Crippen LogP contribution in [0, 0.1) is 0 Å². The fraction of sp³-hybridized carbons (Fsp3) is 0.400. The van der Waals surface area contributed by atoms with Crippen molar-refractivity contribution in [3.63, 3.8) is 0 Å². The van der Waals surface area contributed by atoms with Gasteiger partial charge < -0.3 is 10.1 Å². The van der Waals surface area contributed by atoms with Gasteiger partial charge in [-0.15, -0.1) is 10.2 Å². The van der Waals surface area contributed by atoms with Crippen molar-refractivity contribution in [2.45, 2.75) is 22.7 Å². The molecular formula is C10H13N5OS2. The molecule has 0 atom stereocenters. The number of rotatable bonds is 6. The number of ether oxygens (including phenoxy) is 1. The van der Waals surface area contributed by atoms with Gasteiger partial charge in [-0.1, -0.05) is 18.3 Å². The second-order valence-corrected chi connectivity index (χ2v) is 5.36. The summed E-state index contributed by atoms with van der Waals surface area (Å²) >= 11 is 2.89. The lowest BCUT2D eigenvalue weighted by atomic mass is 10.4. The fourth-order valence-electron chi connectivity index (χ4n) is 1.27. The van der Waals surface area contributed by atoms with Crippen LogP contribution in [-0.2, 0) is 0 Å². The second kappa shape index (κ2) is 6.50. The summed E-state index contributed by atoms with van der Waals surface area (Å²) in [6.07, 6.45) is 2.54. The zero-order valence-corrected chi connectivity index (χ0v) is 11.7. The zero-order chi connectivity index (χ0) is 12.8. The Balaban J connectivity index is 2.23. The van der Waals surface area contributed by atoms with Crippen LogP contribution >= 0.6 is 23.1 Å². The van der Waals surface area contributed by atoms with Gasteiger partial charge in [0.1, 0.15) is 11.8 Å². The Hall–Kier alpha value is -1.41. The molecule has 0 aromatic carbocycles. The van der Waals surface area contributed by atoms with Crippen molar-refractivity contribution < 1.29 is 4.74 Å². The van der Waals surface area contributed by atoms with Gasteiger partial charge >= 0.3 is 0 Å². The van der Waals surface area contributed by atoms with Crippen molar-refractivity contribution in [3.8, 4) is 5.75 Å². The number of hydrogen-bond donors (Lipinski definition) is 1. The van der Waals surface area contributed by atoms with Gasteiger partial charge in [-0.2, -0.15) is 0 Å².